The smallest absolute Gasteiger partial charge is 0.0223 e. The van der Waals surface area contributed by atoms with Crippen molar-refractivity contribution >= 4 is 11.6 Å². The second-order valence-electron chi connectivity index (χ2n) is 4.68. The normalized spacial score (nSPS) is 11.6. The van der Waals surface area contributed by atoms with Gasteiger partial charge in [0.15, 0.2) is 0 Å². The Morgan fingerprint density at radius 1 is 0.938 bits per heavy atom. The monoisotopic (exact) mass is 247 g/mol. The minimum atomic E-state index is 0.825. The van der Waals surface area contributed by atoms with Crippen LogP contribution in [0, 0.1) is 5.92 Å². The molecule has 2 heteroatoms. The van der Waals surface area contributed by atoms with Gasteiger partial charge < -0.3 is 4.90 Å². The summed E-state index contributed by atoms with van der Waals surface area (Å²) >= 11 is 5.67. The average molecular weight is 248 g/mol. The van der Waals surface area contributed by atoms with Gasteiger partial charge in [-0.1, -0.05) is 46.5 Å². The number of alkyl halides is 1. The van der Waals surface area contributed by atoms with Crippen LogP contribution in [0.25, 0.3) is 0 Å². The van der Waals surface area contributed by atoms with E-state index in [-0.39, 0.29) is 0 Å². The predicted octanol–water partition coefficient (Wildman–Crippen LogP) is 4.54. The number of hydrogen-bond acceptors (Lipinski definition) is 1. The predicted molar refractivity (Wildman–Crippen MR) is 75.4 cm³/mol. The van der Waals surface area contributed by atoms with Gasteiger partial charge in [0, 0.05) is 12.4 Å². The van der Waals surface area contributed by atoms with Crippen LogP contribution in [-0.2, 0) is 0 Å². The highest BCUT2D eigenvalue weighted by atomic mass is 35.5. The van der Waals surface area contributed by atoms with E-state index in [1.165, 1.54) is 58.2 Å². The molecule has 0 rings (SSSR count). The van der Waals surface area contributed by atoms with E-state index in [1.807, 2.05) is 0 Å². The lowest BCUT2D eigenvalue weighted by molar-refractivity contribution is 0.229. The second-order valence-corrected chi connectivity index (χ2v) is 5.06. The first-order valence-electron chi connectivity index (χ1n) is 7.06. The minimum absolute atomic E-state index is 0.825. The maximum Gasteiger partial charge on any atom is 0.0223 e. The quantitative estimate of drug-likeness (QED) is 0.383. The van der Waals surface area contributed by atoms with Crippen molar-refractivity contribution < 1.29 is 0 Å². The fraction of sp³-hybridized carbons (Fsp3) is 1.00. The van der Waals surface area contributed by atoms with Gasteiger partial charge in [0.25, 0.3) is 0 Å². The Hall–Kier alpha value is 0.250. The Bertz CT molecular complexity index is 135. The van der Waals surface area contributed by atoms with Crippen molar-refractivity contribution in [1.29, 1.82) is 0 Å². The molecule has 0 aliphatic carbocycles. The highest BCUT2D eigenvalue weighted by Gasteiger charge is 2.09. The number of nitrogens with zero attached hydrogens (tertiary/aromatic N) is 1. The van der Waals surface area contributed by atoms with Crippen LogP contribution >= 0.6 is 11.6 Å². The standard InChI is InChI=1S/C14H30ClN/c1-4-14(5-2)13-16(6-3)12-10-8-7-9-11-15/h14H,4-13H2,1-3H3. The lowest BCUT2D eigenvalue weighted by atomic mass is 10.0. The first kappa shape index (κ1) is 16.2. The molecule has 0 amide bonds. The Morgan fingerprint density at radius 3 is 2.06 bits per heavy atom. The molecule has 0 heterocycles. The fourth-order valence-electron chi connectivity index (χ4n) is 2.07. The van der Waals surface area contributed by atoms with Gasteiger partial charge >= 0.3 is 0 Å². The van der Waals surface area contributed by atoms with E-state index in [2.05, 4.69) is 25.7 Å². The van der Waals surface area contributed by atoms with E-state index < -0.39 is 0 Å². The van der Waals surface area contributed by atoms with Crippen molar-refractivity contribution in [3.63, 3.8) is 0 Å². The molecule has 1 nitrogen and oxygen atoms in total. The molecule has 0 N–H and O–H groups in total. The zero-order valence-corrected chi connectivity index (χ0v) is 12.2. The van der Waals surface area contributed by atoms with E-state index in [0.29, 0.717) is 0 Å². The maximum atomic E-state index is 5.67. The Kier molecular flexibility index (Phi) is 11.9. The molecule has 0 aliphatic rings. The summed E-state index contributed by atoms with van der Waals surface area (Å²) in [5.41, 5.74) is 0. The van der Waals surface area contributed by atoms with Crippen molar-refractivity contribution in [2.24, 2.45) is 5.92 Å². The Balaban J connectivity index is 3.57. The molecular weight excluding hydrogens is 218 g/mol. The second kappa shape index (κ2) is 11.7. The first-order valence-corrected chi connectivity index (χ1v) is 7.60. The lowest BCUT2D eigenvalue weighted by Crippen LogP contribution is -2.30. The first-order chi connectivity index (χ1) is 7.78. The average Bonchev–Trinajstić information content (AvgIpc) is 2.33. The van der Waals surface area contributed by atoms with Crippen LogP contribution < -0.4 is 0 Å². The molecule has 0 bridgehead atoms. The third-order valence-electron chi connectivity index (χ3n) is 3.48. The minimum Gasteiger partial charge on any atom is -0.303 e. The molecule has 16 heavy (non-hydrogen) atoms. The van der Waals surface area contributed by atoms with E-state index in [4.69, 9.17) is 11.6 Å². The van der Waals surface area contributed by atoms with E-state index >= 15 is 0 Å². The van der Waals surface area contributed by atoms with Gasteiger partial charge in [0.1, 0.15) is 0 Å². The van der Waals surface area contributed by atoms with Crippen LogP contribution in [0.1, 0.15) is 59.3 Å². The zero-order chi connectivity index (χ0) is 12.2. The van der Waals surface area contributed by atoms with Gasteiger partial charge in [-0.05, 0) is 31.8 Å². The van der Waals surface area contributed by atoms with Crippen molar-refractivity contribution in [1.82, 2.24) is 4.90 Å². The Labute approximate surface area is 108 Å². The highest BCUT2D eigenvalue weighted by molar-refractivity contribution is 6.17. The van der Waals surface area contributed by atoms with Gasteiger partial charge in [-0.2, -0.15) is 0 Å². The van der Waals surface area contributed by atoms with Gasteiger partial charge in [0.05, 0.1) is 0 Å². The molecule has 0 aliphatic heterocycles. The summed E-state index contributed by atoms with van der Waals surface area (Å²) in [7, 11) is 0. The number of hydrogen-bond donors (Lipinski definition) is 0. The third-order valence-corrected chi connectivity index (χ3v) is 3.74. The van der Waals surface area contributed by atoms with Crippen molar-refractivity contribution in [2.75, 3.05) is 25.5 Å². The molecule has 0 atom stereocenters. The Morgan fingerprint density at radius 2 is 1.56 bits per heavy atom. The summed E-state index contributed by atoms with van der Waals surface area (Å²) in [6, 6.07) is 0. The van der Waals surface area contributed by atoms with Crippen LogP contribution in [-0.4, -0.2) is 30.4 Å². The van der Waals surface area contributed by atoms with Crippen molar-refractivity contribution in [2.45, 2.75) is 59.3 Å². The summed E-state index contributed by atoms with van der Waals surface area (Å²) in [5, 5.41) is 0. The topological polar surface area (TPSA) is 3.24 Å². The molecule has 0 aromatic heterocycles. The highest BCUT2D eigenvalue weighted by Crippen LogP contribution is 2.11. The maximum absolute atomic E-state index is 5.67. The number of rotatable bonds is 11. The van der Waals surface area contributed by atoms with E-state index in [1.54, 1.807) is 0 Å². The van der Waals surface area contributed by atoms with Gasteiger partial charge in [-0.25, -0.2) is 0 Å². The summed E-state index contributed by atoms with van der Waals surface area (Å²) in [5.74, 6) is 1.72. The molecule has 98 valence electrons. The largest absolute Gasteiger partial charge is 0.303 e. The third kappa shape index (κ3) is 8.41. The summed E-state index contributed by atoms with van der Waals surface area (Å²) < 4.78 is 0. The van der Waals surface area contributed by atoms with Crippen LogP contribution in [0.4, 0.5) is 0 Å². The summed E-state index contributed by atoms with van der Waals surface area (Å²) in [6.45, 7) is 10.7. The van der Waals surface area contributed by atoms with Gasteiger partial charge in [-0.3, -0.25) is 0 Å². The van der Waals surface area contributed by atoms with Gasteiger partial charge in [0.2, 0.25) is 0 Å². The van der Waals surface area contributed by atoms with Crippen LogP contribution in [0.2, 0.25) is 0 Å². The van der Waals surface area contributed by atoms with Crippen LogP contribution in [0.3, 0.4) is 0 Å². The van der Waals surface area contributed by atoms with Crippen molar-refractivity contribution in [3.8, 4) is 0 Å². The molecule has 0 saturated heterocycles. The van der Waals surface area contributed by atoms with E-state index in [0.717, 1.165) is 11.8 Å². The molecular formula is C14H30ClN. The fourth-order valence-corrected chi connectivity index (χ4v) is 2.26. The summed E-state index contributed by atoms with van der Waals surface area (Å²) in [6.07, 6.45) is 7.79. The molecule has 0 aromatic carbocycles. The molecule has 0 fully saturated rings. The molecule has 0 spiro atoms. The summed E-state index contributed by atoms with van der Waals surface area (Å²) in [4.78, 5) is 2.61. The molecule has 0 radical (unpaired) electrons. The van der Waals surface area contributed by atoms with Crippen molar-refractivity contribution in [3.05, 3.63) is 0 Å². The van der Waals surface area contributed by atoms with Crippen LogP contribution in [0.15, 0.2) is 0 Å². The van der Waals surface area contributed by atoms with Crippen LogP contribution in [0.5, 0.6) is 0 Å². The zero-order valence-electron chi connectivity index (χ0n) is 11.5. The number of unbranched alkanes of at least 4 members (excludes halogenated alkanes) is 3. The molecule has 0 unspecified atom stereocenters. The van der Waals surface area contributed by atoms with E-state index in [9.17, 15) is 0 Å². The lowest BCUT2D eigenvalue weighted by Gasteiger charge is -2.25. The number of halogens is 1. The molecule has 0 aromatic rings. The SMILES string of the molecule is CCC(CC)CN(CC)CCCCCCCl. The van der Waals surface area contributed by atoms with Gasteiger partial charge in [-0.15, -0.1) is 11.6 Å². The molecule has 0 saturated carbocycles.